The highest BCUT2D eigenvalue weighted by Gasteiger charge is 2.06. The molecule has 15 heavy (non-hydrogen) atoms. The highest BCUT2D eigenvalue weighted by molar-refractivity contribution is 6.32. The van der Waals surface area contributed by atoms with E-state index in [1.807, 2.05) is 26.1 Å². The number of H-pyrrole nitrogens is 1. The predicted octanol–water partition coefficient (Wildman–Crippen LogP) is 2.29. The third kappa shape index (κ3) is 1.98. The number of hydrogen-bond donors (Lipinski definition) is 2. The van der Waals surface area contributed by atoms with Gasteiger partial charge in [0.2, 0.25) is 0 Å². The van der Waals surface area contributed by atoms with Gasteiger partial charge in [0.1, 0.15) is 5.82 Å². The Morgan fingerprint density at radius 3 is 3.00 bits per heavy atom. The number of hydrogen-bond acceptors (Lipinski definition) is 2. The fraction of sp³-hybridized carbons (Fsp3) is 0.364. The minimum absolute atomic E-state index is 0.772. The lowest BCUT2D eigenvalue weighted by Gasteiger charge is -1.96. The van der Waals surface area contributed by atoms with Crippen LogP contribution in [0.3, 0.4) is 0 Å². The Bertz CT molecular complexity index is 476. The first-order valence-corrected chi connectivity index (χ1v) is 5.38. The van der Waals surface area contributed by atoms with Gasteiger partial charge < -0.3 is 10.3 Å². The Balaban J connectivity index is 2.42. The molecule has 0 unspecified atom stereocenters. The first-order valence-electron chi connectivity index (χ1n) is 5.00. The molecule has 0 aliphatic heterocycles. The lowest BCUT2D eigenvalue weighted by Crippen LogP contribution is -2.10. The number of nitrogens with zero attached hydrogens (tertiary/aromatic N) is 1. The zero-order valence-electron chi connectivity index (χ0n) is 8.89. The fourth-order valence-corrected chi connectivity index (χ4v) is 1.75. The molecule has 0 atom stereocenters. The second kappa shape index (κ2) is 4.21. The normalized spacial score (nSPS) is 11.1. The second-order valence-corrected chi connectivity index (χ2v) is 4.01. The van der Waals surface area contributed by atoms with Crippen LogP contribution in [-0.4, -0.2) is 23.6 Å². The van der Waals surface area contributed by atoms with Crippen LogP contribution in [0, 0.1) is 6.92 Å². The number of aryl methyl sites for hydroxylation is 1. The number of likely N-dealkylation sites (N-methyl/N-ethyl adjacent to an activating group) is 1. The summed E-state index contributed by atoms with van der Waals surface area (Å²) in [5.41, 5.74) is 3.08. The van der Waals surface area contributed by atoms with Crippen molar-refractivity contribution in [3.05, 3.63) is 28.5 Å². The molecular formula is C11H14ClN3. The molecule has 0 radical (unpaired) electrons. The summed E-state index contributed by atoms with van der Waals surface area (Å²) < 4.78 is 0. The maximum atomic E-state index is 6.04. The Kier molecular flexibility index (Phi) is 2.93. The van der Waals surface area contributed by atoms with E-state index < -0.39 is 0 Å². The van der Waals surface area contributed by atoms with Gasteiger partial charge in [-0.25, -0.2) is 4.98 Å². The molecule has 1 aromatic carbocycles. The maximum absolute atomic E-state index is 6.04. The van der Waals surface area contributed by atoms with Crippen molar-refractivity contribution in [2.45, 2.75) is 13.3 Å². The van der Waals surface area contributed by atoms with Crippen molar-refractivity contribution in [2.24, 2.45) is 0 Å². The van der Waals surface area contributed by atoms with Gasteiger partial charge in [0, 0.05) is 18.0 Å². The fourth-order valence-electron chi connectivity index (χ4n) is 1.60. The van der Waals surface area contributed by atoms with Crippen molar-refractivity contribution in [2.75, 3.05) is 13.6 Å². The molecule has 2 N–H and O–H groups in total. The Morgan fingerprint density at radius 2 is 2.27 bits per heavy atom. The summed E-state index contributed by atoms with van der Waals surface area (Å²) in [5.74, 6) is 1.00. The number of rotatable bonds is 3. The lowest BCUT2D eigenvalue weighted by atomic mass is 10.2. The Labute approximate surface area is 93.9 Å². The van der Waals surface area contributed by atoms with E-state index >= 15 is 0 Å². The van der Waals surface area contributed by atoms with E-state index in [4.69, 9.17) is 11.6 Å². The molecular weight excluding hydrogens is 210 g/mol. The van der Waals surface area contributed by atoms with E-state index in [1.54, 1.807) is 0 Å². The van der Waals surface area contributed by atoms with Crippen LogP contribution in [0.5, 0.6) is 0 Å². The average molecular weight is 224 g/mol. The molecule has 2 rings (SSSR count). The van der Waals surface area contributed by atoms with Gasteiger partial charge in [-0.1, -0.05) is 11.6 Å². The van der Waals surface area contributed by atoms with Crippen LogP contribution in [0.1, 0.15) is 11.4 Å². The smallest absolute Gasteiger partial charge is 0.108 e. The summed E-state index contributed by atoms with van der Waals surface area (Å²) in [5, 5.41) is 3.87. The van der Waals surface area contributed by atoms with E-state index in [9.17, 15) is 0 Å². The van der Waals surface area contributed by atoms with Gasteiger partial charge in [0.05, 0.1) is 11.0 Å². The topological polar surface area (TPSA) is 40.7 Å². The third-order valence-electron chi connectivity index (χ3n) is 2.50. The van der Waals surface area contributed by atoms with Gasteiger partial charge in [-0.15, -0.1) is 0 Å². The van der Waals surface area contributed by atoms with Crippen LogP contribution in [0.4, 0.5) is 0 Å². The van der Waals surface area contributed by atoms with Gasteiger partial charge >= 0.3 is 0 Å². The lowest BCUT2D eigenvalue weighted by molar-refractivity contribution is 0.766. The van der Waals surface area contributed by atoms with Crippen LogP contribution in [0.25, 0.3) is 11.0 Å². The molecule has 80 valence electrons. The predicted molar refractivity (Wildman–Crippen MR) is 63.5 cm³/mol. The van der Waals surface area contributed by atoms with Gasteiger partial charge in [-0.05, 0) is 31.7 Å². The zero-order valence-corrected chi connectivity index (χ0v) is 9.65. The number of imidazole rings is 1. The van der Waals surface area contributed by atoms with E-state index in [1.165, 1.54) is 0 Å². The van der Waals surface area contributed by atoms with Crippen molar-refractivity contribution < 1.29 is 0 Å². The molecule has 3 nitrogen and oxygen atoms in total. The van der Waals surface area contributed by atoms with Crippen molar-refractivity contribution in [3.63, 3.8) is 0 Å². The van der Waals surface area contributed by atoms with E-state index in [-0.39, 0.29) is 0 Å². The third-order valence-corrected chi connectivity index (χ3v) is 2.91. The molecule has 0 fully saturated rings. The van der Waals surface area contributed by atoms with Crippen molar-refractivity contribution in [1.82, 2.24) is 15.3 Å². The largest absolute Gasteiger partial charge is 0.342 e. The van der Waals surface area contributed by atoms with Crippen LogP contribution in [0.2, 0.25) is 5.02 Å². The van der Waals surface area contributed by atoms with Crippen LogP contribution < -0.4 is 5.32 Å². The van der Waals surface area contributed by atoms with Gasteiger partial charge in [0.25, 0.3) is 0 Å². The molecule has 0 amide bonds. The minimum atomic E-state index is 0.772. The molecule has 0 spiro atoms. The molecule has 1 aromatic heterocycles. The number of aromatic amines is 1. The summed E-state index contributed by atoms with van der Waals surface area (Å²) in [6.07, 6.45) is 0.905. The van der Waals surface area contributed by atoms with E-state index in [0.29, 0.717) is 0 Å². The number of aromatic nitrogens is 2. The van der Waals surface area contributed by atoms with Crippen LogP contribution >= 0.6 is 11.6 Å². The van der Waals surface area contributed by atoms with Crippen LogP contribution in [-0.2, 0) is 6.42 Å². The van der Waals surface area contributed by atoms with Gasteiger partial charge in [-0.2, -0.15) is 0 Å². The molecule has 0 saturated heterocycles. The highest BCUT2D eigenvalue weighted by atomic mass is 35.5. The quantitative estimate of drug-likeness (QED) is 0.838. The second-order valence-electron chi connectivity index (χ2n) is 3.61. The summed E-state index contributed by atoms with van der Waals surface area (Å²) in [7, 11) is 1.94. The molecule has 4 heteroatoms. The van der Waals surface area contributed by atoms with Crippen molar-refractivity contribution in [1.29, 1.82) is 0 Å². The van der Waals surface area contributed by atoms with Crippen LogP contribution in [0.15, 0.2) is 12.1 Å². The van der Waals surface area contributed by atoms with Gasteiger partial charge in [-0.3, -0.25) is 0 Å². The summed E-state index contributed by atoms with van der Waals surface area (Å²) in [6.45, 7) is 2.92. The number of benzene rings is 1. The summed E-state index contributed by atoms with van der Waals surface area (Å²) in [6, 6.07) is 3.87. The SMILES string of the molecule is CNCCc1nc2c(C)c(Cl)ccc2[nH]1. The summed E-state index contributed by atoms with van der Waals surface area (Å²) >= 11 is 6.04. The number of halogens is 1. The molecule has 0 saturated carbocycles. The molecule has 1 heterocycles. The minimum Gasteiger partial charge on any atom is -0.342 e. The Morgan fingerprint density at radius 1 is 1.47 bits per heavy atom. The average Bonchev–Trinajstić information content (AvgIpc) is 2.64. The van der Waals surface area contributed by atoms with Crippen molar-refractivity contribution in [3.8, 4) is 0 Å². The standard InChI is InChI=1S/C11H14ClN3/c1-7-8(12)3-4-9-11(7)15-10(14-9)5-6-13-2/h3-4,13H,5-6H2,1-2H3,(H,14,15). The van der Waals surface area contributed by atoms with E-state index in [0.717, 1.165) is 40.4 Å². The molecule has 2 aromatic rings. The molecule has 0 aliphatic carbocycles. The maximum Gasteiger partial charge on any atom is 0.108 e. The number of nitrogens with one attached hydrogen (secondary N) is 2. The first-order chi connectivity index (χ1) is 7.22. The number of fused-ring (bicyclic) bond motifs is 1. The zero-order chi connectivity index (χ0) is 10.8. The van der Waals surface area contributed by atoms with Crippen molar-refractivity contribution >= 4 is 22.6 Å². The van der Waals surface area contributed by atoms with E-state index in [2.05, 4.69) is 15.3 Å². The molecule has 0 aliphatic rings. The molecule has 0 bridgehead atoms. The summed E-state index contributed by atoms with van der Waals surface area (Å²) in [4.78, 5) is 7.82. The monoisotopic (exact) mass is 223 g/mol. The Hall–Kier alpha value is -1.06. The van der Waals surface area contributed by atoms with Gasteiger partial charge in [0.15, 0.2) is 0 Å². The first kappa shape index (κ1) is 10.5. The highest BCUT2D eigenvalue weighted by Crippen LogP contribution is 2.23.